The zero-order valence-corrected chi connectivity index (χ0v) is 8.74. The molecule has 0 aromatic carbocycles. The minimum absolute atomic E-state index is 0.0998. The van der Waals surface area contributed by atoms with Gasteiger partial charge in [-0.15, -0.1) is 0 Å². The predicted octanol–water partition coefficient (Wildman–Crippen LogP) is 0.0531. The zero-order chi connectivity index (χ0) is 9.83. The Morgan fingerprint density at radius 1 is 1.42 bits per heavy atom. The Morgan fingerprint density at radius 2 is 1.92 bits per heavy atom. The van der Waals surface area contributed by atoms with E-state index in [0.717, 1.165) is 0 Å². The normalized spacial score (nSPS) is 17.3. The molecule has 0 aliphatic carbocycles. The molecular weight excluding hydrogens is 176 g/mol. The number of sulfonamides is 1. The van der Waals surface area contributed by atoms with Crippen LogP contribution in [0.3, 0.4) is 0 Å². The molecule has 0 amide bonds. The van der Waals surface area contributed by atoms with Crippen LogP contribution in [-0.2, 0) is 10.0 Å². The average molecular weight is 194 g/mol. The number of nitrogens with one attached hydrogen (secondary N) is 1. The van der Waals surface area contributed by atoms with Gasteiger partial charge in [0.1, 0.15) is 0 Å². The molecule has 3 N–H and O–H groups in total. The highest BCUT2D eigenvalue weighted by atomic mass is 32.2. The fraction of sp³-hybridized carbons (Fsp3) is 1.00. The highest BCUT2D eigenvalue weighted by Crippen LogP contribution is 2.08. The Labute approximate surface area is 74.6 Å². The van der Waals surface area contributed by atoms with Gasteiger partial charge in [-0.3, -0.25) is 0 Å². The van der Waals surface area contributed by atoms with Crippen molar-refractivity contribution in [3.8, 4) is 0 Å². The molecule has 0 fully saturated rings. The molecule has 0 aliphatic rings. The van der Waals surface area contributed by atoms with E-state index in [1.165, 1.54) is 0 Å². The van der Waals surface area contributed by atoms with Crippen LogP contribution in [0.15, 0.2) is 0 Å². The molecule has 0 rings (SSSR count). The molecule has 0 bridgehead atoms. The third-order valence-electron chi connectivity index (χ3n) is 2.01. The van der Waals surface area contributed by atoms with E-state index in [0.29, 0.717) is 13.0 Å². The second kappa shape index (κ2) is 4.20. The van der Waals surface area contributed by atoms with Crippen molar-refractivity contribution in [1.82, 2.24) is 4.72 Å². The van der Waals surface area contributed by atoms with Crippen LogP contribution < -0.4 is 10.5 Å². The van der Waals surface area contributed by atoms with E-state index in [-0.39, 0.29) is 5.75 Å². The Balaban J connectivity index is 4.42. The van der Waals surface area contributed by atoms with Crippen molar-refractivity contribution in [2.45, 2.75) is 32.7 Å². The van der Waals surface area contributed by atoms with Crippen LogP contribution in [0.2, 0.25) is 0 Å². The summed E-state index contributed by atoms with van der Waals surface area (Å²) >= 11 is 0. The molecule has 4 nitrogen and oxygen atoms in total. The predicted molar refractivity (Wildman–Crippen MR) is 50.3 cm³/mol. The molecule has 12 heavy (non-hydrogen) atoms. The lowest BCUT2D eigenvalue weighted by Gasteiger charge is -2.27. The summed E-state index contributed by atoms with van der Waals surface area (Å²) in [7, 11) is -3.13. The van der Waals surface area contributed by atoms with Gasteiger partial charge in [0.15, 0.2) is 0 Å². The van der Waals surface area contributed by atoms with Crippen LogP contribution in [0.1, 0.15) is 27.2 Å². The molecule has 1 unspecified atom stereocenters. The maximum atomic E-state index is 11.2. The van der Waals surface area contributed by atoms with E-state index in [1.807, 2.05) is 6.92 Å². The van der Waals surface area contributed by atoms with E-state index in [4.69, 9.17) is 5.73 Å². The van der Waals surface area contributed by atoms with Gasteiger partial charge in [0.05, 0.1) is 5.75 Å². The summed E-state index contributed by atoms with van der Waals surface area (Å²) in [6, 6.07) is 0. The SMILES string of the molecule is CCC(C)(CN)NS(=O)(=O)CC. The van der Waals surface area contributed by atoms with E-state index < -0.39 is 15.6 Å². The lowest BCUT2D eigenvalue weighted by Crippen LogP contribution is -2.51. The van der Waals surface area contributed by atoms with Gasteiger partial charge in [0.2, 0.25) is 10.0 Å². The topological polar surface area (TPSA) is 72.2 Å². The molecule has 5 heteroatoms. The van der Waals surface area contributed by atoms with Crippen LogP contribution in [0, 0.1) is 0 Å². The van der Waals surface area contributed by atoms with Gasteiger partial charge in [-0.2, -0.15) is 0 Å². The first-order valence-corrected chi connectivity index (χ1v) is 5.76. The Bertz CT molecular complexity index is 220. The minimum Gasteiger partial charge on any atom is -0.329 e. The fourth-order valence-electron chi connectivity index (χ4n) is 0.706. The standard InChI is InChI=1S/C7H18N2O2S/c1-4-7(3,6-8)9-12(10,11)5-2/h9H,4-6,8H2,1-3H3. The van der Waals surface area contributed by atoms with Gasteiger partial charge in [-0.1, -0.05) is 6.92 Å². The van der Waals surface area contributed by atoms with Crippen molar-refractivity contribution >= 4 is 10.0 Å². The van der Waals surface area contributed by atoms with Crippen molar-refractivity contribution in [1.29, 1.82) is 0 Å². The van der Waals surface area contributed by atoms with Gasteiger partial charge >= 0.3 is 0 Å². The Kier molecular flexibility index (Phi) is 4.16. The van der Waals surface area contributed by atoms with Crippen molar-refractivity contribution in [3.05, 3.63) is 0 Å². The van der Waals surface area contributed by atoms with Gasteiger partial charge in [0, 0.05) is 12.1 Å². The van der Waals surface area contributed by atoms with E-state index in [2.05, 4.69) is 4.72 Å². The number of nitrogens with two attached hydrogens (primary N) is 1. The highest BCUT2D eigenvalue weighted by molar-refractivity contribution is 7.89. The monoisotopic (exact) mass is 194 g/mol. The quantitative estimate of drug-likeness (QED) is 0.649. The lowest BCUT2D eigenvalue weighted by atomic mass is 10.0. The number of hydrogen-bond donors (Lipinski definition) is 2. The summed E-state index contributed by atoms with van der Waals surface area (Å²) in [5.74, 6) is 0.0998. The molecule has 0 heterocycles. The molecule has 0 aromatic heterocycles. The van der Waals surface area contributed by atoms with Gasteiger partial charge in [0.25, 0.3) is 0 Å². The van der Waals surface area contributed by atoms with Crippen LogP contribution >= 0.6 is 0 Å². The molecule has 0 saturated carbocycles. The molecule has 0 aromatic rings. The van der Waals surface area contributed by atoms with Gasteiger partial charge < -0.3 is 5.73 Å². The summed E-state index contributed by atoms with van der Waals surface area (Å²) < 4.78 is 24.9. The maximum absolute atomic E-state index is 11.2. The van der Waals surface area contributed by atoms with Crippen molar-refractivity contribution in [2.75, 3.05) is 12.3 Å². The second-order valence-corrected chi connectivity index (χ2v) is 5.13. The largest absolute Gasteiger partial charge is 0.329 e. The van der Waals surface area contributed by atoms with Crippen molar-refractivity contribution in [2.24, 2.45) is 5.73 Å². The summed E-state index contributed by atoms with van der Waals surface area (Å²) in [6.45, 7) is 5.64. The average Bonchev–Trinajstić information content (AvgIpc) is 2.04. The fourth-order valence-corrected chi connectivity index (χ4v) is 1.83. The number of hydrogen-bond acceptors (Lipinski definition) is 3. The van der Waals surface area contributed by atoms with Crippen LogP contribution in [-0.4, -0.2) is 26.3 Å². The van der Waals surface area contributed by atoms with Crippen molar-refractivity contribution < 1.29 is 8.42 Å². The smallest absolute Gasteiger partial charge is 0.211 e. The van der Waals surface area contributed by atoms with E-state index in [1.54, 1.807) is 13.8 Å². The first-order chi connectivity index (χ1) is 5.39. The summed E-state index contributed by atoms with van der Waals surface area (Å²) in [6.07, 6.45) is 0.697. The molecule has 0 saturated heterocycles. The molecule has 0 radical (unpaired) electrons. The van der Waals surface area contributed by atoms with Crippen LogP contribution in [0.5, 0.6) is 0 Å². The first kappa shape index (κ1) is 11.9. The Hall–Kier alpha value is -0.130. The second-order valence-electron chi connectivity index (χ2n) is 3.12. The lowest BCUT2D eigenvalue weighted by molar-refractivity contribution is 0.411. The van der Waals surface area contributed by atoms with Gasteiger partial charge in [-0.05, 0) is 20.3 Å². The maximum Gasteiger partial charge on any atom is 0.211 e. The molecule has 0 aliphatic heterocycles. The van der Waals surface area contributed by atoms with Crippen LogP contribution in [0.25, 0.3) is 0 Å². The molecule has 1 atom stereocenters. The number of rotatable bonds is 5. The summed E-state index contributed by atoms with van der Waals surface area (Å²) in [4.78, 5) is 0. The minimum atomic E-state index is -3.13. The summed E-state index contributed by atoms with van der Waals surface area (Å²) in [5.41, 5.74) is 4.96. The van der Waals surface area contributed by atoms with Crippen molar-refractivity contribution in [3.63, 3.8) is 0 Å². The molecule has 0 spiro atoms. The summed E-state index contributed by atoms with van der Waals surface area (Å²) in [5, 5.41) is 0. The third kappa shape index (κ3) is 3.51. The molecule has 74 valence electrons. The first-order valence-electron chi connectivity index (χ1n) is 4.11. The van der Waals surface area contributed by atoms with E-state index >= 15 is 0 Å². The zero-order valence-electron chi connectivity index (χ0n) is 7.92. The van der Waals surface area contributed by atoms with E-state index in [9.17, 15) is 8.42 Å². The molecular formula is C7H18N2O2S. The highest BCUT2D eigenvalue weighted by Gasteiger charge is 2.24. The Morgan fingerprint density at radius 3 is 2.17 bits per heavy atom. The van der Waals surface area contributed by atoms with Gasteiger partial charge in [-0.25, -0.2) is 13.1 Å². The van der Waals surface area contributed by atoms with Crippen LogP contribution in [0.4, 0.5) is 0 Å². The third-order valence-corrected chi connectivity index (χ3v) is 3.58.